The Hall–Kier alpha value is -3.22. The molecule has 1 N–H and O–H groups in total. The van der Waals surface area contributed by atoms with Crippen molar-refractivity contribution in [3.8, 4) is 17.2 Å². The number of carbonyl (C=O) groups is 2. The highest BCUT2D eigenvalue weighted by molar-refractivity contribution is 5.94. The van der Waals surface area contributed by atoms with Crippen LogP contribution in [-0.2, 0) is 14.3 Å². The minimum Gasteiger partial charge on any atom is -0.492 e. The number of rotatable bonds is 11. The summed E-state index contributed by atoms with van der Waals surface area (Å²) in [6.07, 6.45) is 0.0171. The molecule has 0 fully saturated rings. The molecule has 0 radical (unpaired) electrons. The van der Waals surface area contributed by atoms with Gasteiger partial charge in [-0.25, -0.2) is 0 Å². The molecule has 0 bridgehead atoms. The van der Waals surface area contributed by atoms with E-state index in [-0.39, 0.29) is 19.6 Å². The second-order valence-electron chi connectivity index (χ2n) is 5.62. The highest BCUT2D eigenvalue weighted by Gasteiger charge is 2.11. The molecule has 0 aliphatic rings. The average molecular weight is 387 g/mol. The number of esters is 1. The molecule has 2 aromatic carbocycles. The van der Waals surface area contributed by atoms with E-state index < -0.39 is 11.9 Å². The predicted molar refractivity (Wildman–Crippen MR) is 105 cm³/mol. The molecule has 2 rings (SSSR count). The van der Waals surface area contributed by atoms with Crippen LogP contribution in [0.1, 0.15) is 20.3 Å². The normalized spacial score (nSPS) is 10.1. The lowest BCUT2D eigenvalue weighted by Crippen LogP contribution is -2.22. The van der Waals surface area contributed by atoms with Crippen LogP contribution in [0.15, 0.2) is 48.5 Å². The van der Waals surface area contributed by atoms with Gasteiger partial charge < -0.3 is 24.3 Å². The molecule has 7 heteroatoms. The first kappa shape index (κ1) is 21.1. The molecule has 150 valence electrons. The van der Waals surface area contributed by atoms with E-state index >= 15 is 0 Å². The molecular formula is C21H25NO6. The molecule has 1 amide bonds. The SMILES string of the molecule is CCOc1ccccc1NC(=O)COC(=O)CCOc1ccccc1OCC. The number of hydrogen-bond donors (Lipinski definition) is 1. The Labute approximate surface area is 164 Å². The molecule has 0 heterocycles. The van der Waals surface area contributed by atoms with E-state index in [4.69, 9.17) is 18.9 Å². The van der Waals surface area contributed by atoms with Crippen molar-refractivity contribution in [2.24, 2.45) is 0 Å². The van der Waals surface area contributed by atoms with E-state index in [1.165, 1.54) is 0 Å². The summed E-state index contributed by atoms with van der Waals surface area (Å²) in [6.45, 7) is 4.48. The van der Waals surface area contributed by atoms with Crippen molar-refractivity contribution in [1.29, 1.82) is 0 Å². The Morgan fingerprint density at radius 1 is 0.821 bits per heavy atom. The number of para-hydroxylation sites is 4. The van der Waals surface area contributed by atoms with Gasteiger partial charge in [0.25, 0.3) is 5.91 Å². The Morgan fingerprint density at radius 3 is 2.07 bits per heavy atom. The summed E-state index contributed by atoms with van der Waals surface area (Å²) in [5, 5.41) is 2.67. The van der Waals surface area contributed by atoms with Crippen LogP contribution < -0.4 is 19.5 Å². The van der Waals surface area contributed by atoms with Crippen LogP contribution in [0.3, 0.4) is 0 Å². The molecule has 0 aromatic heterocycles. The van der Waals surface area contributed by atoms with Crippen molar-refractivity contribution >= 4 is 17.6 Å². The summed E-state index contributed by atoms with van der Waals surface area (Å²) in [7, 11) is 0. The van der Waals surface area contributed by atoms with Crippen LogP contribution in [0.25, 0.3) is 0 Å². The number of nitrogens with one attached hydrogen (secondary N) is 1. The van der Waals surface area contributed by atoms with Crippen molar-refractivity contribution in [1.82, 2.24) is 0 Å². The first-order chi connectivity index (χ1) is 13.6. The Balaban J connectivity index is 1.73. The molecular weight excluding hydrogens is 362 g/mol. The third kappa shape index (κ3) is 6.83. The minimum absolute atomic E-state index is 0.0171. The van der Waals surface area contributed by atoms with Crippen LogP contribution in [0.4, 0.5) is 5.69 Å². The number of ether oxygens (including phenoxy) is 4. The maximum atomic E-state index is 12.0. The van der Waals surface area contributed by atoms with Gasteiger partial charge in [-0.3, -0.25) is 9.59 Å². The lowest BCUT2D eigenvalue weighted by atomic mass is 10.3. The van der Waals surface area contributed by atoms with Crippen molar-refractivity contribution < 1.29 is 28.5 Å². The fraction of sp³-hybridized carbons (Fsp3) is 0.333. The zero-order valence-corrected chi connectivity index (χ0v) is 16.1. The monoisotopic (exact) mass is 387 g/mol. The van der Waals surface area contributed by atoms with Gasteiger partial charge in [0.2, 0.25) is 0 Å². The Morgan fingerprint density at radius 2 is 1.39 bits per heavy atom. The molecule has 28 heavy (non-hydrogen) atoms. The molecule has 0 spiro atoms. The van der Waals surface area contributed by atoms with Gasteiger partial charge in [0.1, 0.15) is 5.75 Å². The smallest absolute Gasteiger partial charge is 0.309 e. The first-order valence-corrected chi connectivity index (χ1v) is 9.16. The summed E-state index contributed by atoms with van der Waals surface area (Å²) < 4.78 is 21.4. The summed E-state index contributed by atoms with van der Waals surface area (Å²) >= 11 is 0. The molecule has 0 saturated heterocycles. The van der Waals surface area contributed by atoms with Crippen LogP contribution in [-0.4, -0.2) is 38.3 Å². The fourth-order valence-electron chi connectivity index (χ4n) is 2.34. The summed E-state index contributed by atoms with van der Waals surface area (Å²) in [4.78, 5) is 23.8. The van der Waals surface area contributed by atoms with E-state index in [2.05, 4.69) is 5.32 Å². The van der Waals surface area contributed by atoms with Crippen molar-refractivity contribution in [3.63, 3.8) is 0 Å². The second-order valence-corrected chi connectivity index (χ2v) is 5.62. The van der Waals surface area contributed by atoms with Gasteiger partial charge in [-0.2, -0.15) is 0 Å². The fourth-order valence-corrected chi connectivity index (χ4v) is 2.34. The number of benzene rings is 2. The van der Waals surface area contributed by atoms with Gasteiger partial charge >= 0.3 is 5.97 Å². The van der Waals surface area contributed by atoms with Crippen molar-refractivity contribution in [3.05, 3.63) is 48.5 Å². The summed E-state index contributed by atoms with van der Waals surface area (Å²) in [5.41, 5.74) is 0.529. The van der Waals surface area contributed by atoms with Gasteiger partial charge in [0, 0.05) is 0 Å². The van der Waals surface area contributed by atoms with Crippen molar-refractivity contribution in [2.45, 2.75) is 20.3 Å². The van der Waals surface area contributed by atoms with Crippen LogP contribution in [0.2, 0.25) is 0 Å². The highest BCUT2D eigenvalue weighted by atomic mass is 16.5. The Bertz CT molecular complexity index is 777. The molecule has 0 saturated carbocycles. The van der Waals surface area contributed by atoms with Crippen LogP contribution in [0.5, 0.6) is 17.2 Å². The van der Waals surface area contributed by atoms with E-state index in [9.17, 15) is 9.59 Å². The standard InChI is InChI=1S/C21H25NO6/c1-3-25-17-10-6-5-9-16(17)22-20(23)15-28-21(24)13-14-27-19-12-8-7-11-18(19)26-4-2/h5-12H,3-4,13-15H2,1-2H3,(H,22,23). The predicted octanol–water partition coefficient (Wildman–Crippen LogP) is 3.43. The minimum atomic E-state index is -0.526. The van der Waals surface area contributed by atoms with Crippen molar-refractivity contribution in [2.75, 3.05) is 31.7 Å². The summed E-state index contributed by atoms with van der Waals surface area (Å²) in [5.74, 6) is 0.768. The number of amides is 1. The number of carbonyl (C=O) groups excluding carboxylic acids is 2. The zero-order valence-electron chi connectivity index (χ0n) is 16.1. The zero-order chi connectivity index (χ0) is 20.2. The molecule has 7 nitrogen and oxygen atoms in total. The van der Waals surface area contributed by atoms with Gasteiger partial charge in [-0.1, -0.05) is 24.3 Å². The Kier molecular flexibility index (Phi) is 8.65. The van der Waals surface area contributed by atoms with E-state index in [0.29, 0.717) is 36.1 Å². The van der Waals surface area contributed by atoms with Crippen LogP contribution in [0, 0.1) is 0 Å². The molecule has 0 atom stereocenters. The topological polar surface area (TPSA) is 83.1 Å². The molecule has 2 aromatic rings. The maximum Gasteiger partial charge on any atom is 0.309 e. The largest absolute Gasteiger partial charge is 0.492 e. The van der Waals surface area contributed by atoms with Gasteiger partial charge in [-0.05, 0) is 38.1 Å². The first-order valence-electron chi connectivity index (χ1n) is 9.16. The highest BCUT2D eigenvalue weighted by Crippen LogP contribution is 2.26. The molecule has 0 aliphatic heterocycles. The average Bonchev–Trinajstić information content (AvgIpc) is 2.70. The molecule has 0 unspecified atom stereocenters. The van der Waals surface area contributed by atoms with Gasteiger partial charge in [0.05, 0.1) is 31.9 Å². The van der Waals surface area contributed by atoms with E-state index in [1.807, 2.05) is 32.0 Å². The quantitative estimate of drug-likeness (QED) is 0.595. The third-order valence-corrected chi connectivity index (χ3v) is 3.54. The van der Waals surface area contributed by atoms with Gasteiger partial charge in [0.15, 0.2) is 18.1 Å². The maximum absolute atomic E-state index is 12.0. The summed E-state index contributed by atoms with van der Waals surface area (Å²) in [6, 6.07) is 14.3. The number of hydrogen-bond acceptors (Lipinski definition) is 6. The molecule has 0 aliphatic carbocycles. The second kappa shape index (κ2) is 11.5. The lowest BCUT2D eigenvalue weighted by molar-refractivity contribution is -0.147. The van der Waals surface area contributed by atoms with E-state index in [1.54, 1.807) is 30.3 Å². The van der Waals surface area contributed by atoms with Gasteiger partial charge in [-0.15, -0.1) is 0 Å². The van der Waals surface area contributed by atoms with E-state index in [0.717, 1.165) is 0 Å². The lowest BCUT2D eigenvalue weighted by Gasteiger charge is -2.12. The van der Waals surface area contributed by atoms with Crippen LogP contribution >= 0.6 is 0 Å². The number of anilines is 1. The third-order valence-electron chi connectivity index (χ3n) is 3.54.